The average molecular weight is 669 g/mol. The minimum Gasteiger partial charge on any atom is -0.497 e. The third-order valence-corrected chi connectivity index (χ3v) is 10.8. The molecule has 2 saturated heterocycles. The fourth-order valence-electron chi connectivity index (χ4n) is 6.62. The second-order valence-corrected chi connectivity index (χ2v) is 13.8. The number of carbonyl (C=O) groups is 3. The van der Waals surface area contributed by atoms with Gasteiger partial charge in [-0.05, 0) is 68.8 Å². The van der Waals surface area contributed by atoms with Gasteiger partial charge in [-0.1, -0.05) is 23.7 Å². The van der Waals surface area contributed by atoms with E-state index in [2.05, 4.69) is 24.0 Å². The van der Waals surface area contributed by atoms with Crippen LogP contribution in [0.25, 0.3) is 5.00 Å². The Bertz CT molecular complexity index is 1960. The molecule has 0 aliphatic carbocycles. The summed E-state index contributed by atoms with van der Waals surface area (Å²) in [7, 11) is 1.56. The van der Waals surface area contributed by atoms with Crippen molar-refractivity contribution in [2.75, 3.05) is 26.7 Å². The first kappa shape index (κ1) is 31.0. The number of likely N-dealkylation sites (tertiary alicyclic amines) is 2. The molecule has 2 aromatic heterocycles. The maximum absolute atomic E-state index is 13.9. The van der Waals surface area contributed by atoms with Crippen LogP contribution in [0, 0.1) is 26.7 Å². The Morgan fingerprint density at radius 3 is 2.45 bits per heavy atom. The number of ether oxygens (including phenoxy) is 1. The predicted octanol–water partition coefficient (Wildman–Crippen LogP) is 5.31. The van der Waals surface area contributed by atoms with E-state index in [0.29, 0.717) is 41.8 Å². The number of nitrogens with zero attached hydrogens (tertiary/aromatic N) is 6. The SMILES string of the molecule is COc1ccc(C(=O)/C=C/C(=O)N2C[C@@H]3CN(C(=O)C[C@@H]4N=C(c5ccc(Cl)cc5)c5c(sc(C)c5C)-n5c(C)nnc54)[C@@H]3C2)cc1. The van der Waals surface area contributed by atoms with Gasteiger partial charge in [-0.15, -0.1) is 21.5 Å². The fourth-order valence-corrected chi connectivity index (χ4v) is 7.96. The molecule has 0 N–H and O–H groups in total. The first-order valence-electron chi connectivity index (χ1n) is 15.4. The number of benzene rings is 2. The molecule has 2 fully saturated rings. The highest BCUT2D eigenvalue weighted by molar-refractivity contribution is 7.15. The maximum Gasteiger partial charge on any atom is 0.246 e. The number of aliphatic imine (C=N–C) groups is 1. The quantitative estimate of drug-likeness (QED) is 0.195. The van der Waals surface area contributed by atoms with Crippen molar-refractivity contribution in [2.45, 2.75) is 39.3 Å². The van der Waals surface area contributed by atoms with E-state index in [1.54, 1.807) is 47.6 Å². The van der Waals surface area contributed by atoms with Crippen molar-refractivity contribution in [1.29, 1.82) is 0 Å². The van der Waals surface area contributed by atoms with Crippen LogP contribution in [0.2, 0.25) is 5.02 Å². The van der Waals surface area contributed by atoms with E-state index in [9.17, 15) is 14.4 Å². The van der Waals surface area contributed by atoms with E-state index < -0.39 is 6.04 Å². The van der Waals surface area contributed by atoms with Crippen molar-refractivity contribution in [2.24, 2.45) is 10.9 Å². The normalized spacial score (nSPS) is 19.9. The standard InChI is InChI=1S/C35H33ClN6O4S/c1-19-20(2)47-35-32(19)33(23-5-9-25(36)10-6-23)37-27(34-39-38-21(3)42(34)35)15-31(45)41-17-24-16-40(18-28(24)41)30(44)14-13-29(43)22-7-11-26(46-4)12-8-22/h5-14,24,27-28H,15-18H2,1-4H3/b14-13+/t24-,27+,28-/m1/s1. The highest BCUT2D eigenvalue weighted by atomic mass is 35.5. The lowest BCUT2D eigenvalue weighted by atomic mass is 9.91. The molecule has 4 aromatic rings. The number of rotatable bonds is 7. The molecular formula is C35H33ClN6O4S. The Balaban J connectivity index is 1.09. The topological polar surface area (TPSA) is 110 Å². The number of amides is 2. The van der Waals surface area contributed by atoms with Crippen molar-refractivity contribution in [1.82, 2.24) is 24.6 Å². The molecule has 12 heteroatoms. The zero-order chi connectivity index (χ0) is 33.0. The number of thiophene rings is 1. The first-order valence-corrected chi connectivity index (χ1v) is 16.6. The second kappa shape index (κ2) is 12.2. The molecule has 5 heterocycles. The van der Waals surface area contributed by atoms with Crippen LogP contribution in [-0.2, 0) is 9.59 Å². The number of hydrogen-bond donors (Lipinski definition) is 0. The van der Waals surface area contributed by atoms with Crippen LogP contribution in [0.5, 0.6) is 5.75 Å². The number of fused-ring (bicyclic) bond motifs is 4. The summed E-state index contributed by atoms with van der Waals surface area (Å²) in [6.45, 7) is 7.64. The molecule has 10 nitrogen and oxygen atoms in total. The number of aromatic nitrogens is 3. The summed E-state index contributed by atoms with van der Waals surface area (Å²) in [6.07, 6.45) is 2.74. The van der Waals surface area contributed by atoms with Gasteiger partial charge in [0.1, 0.15) is 22.6 Å². The van der Waals surface area contributed by atoms with Gasteiger partial charge in [0.15, 0.2) is 11.6 Å². The predicted molar refractivity (Wildman–Crippen MR) is 180 cm³/mol. The molecule has 0 radical (unpaired) electrons. The molecule has 2 aromatic carbocycles. The van der Waals surface area contributed by atoms with E-state index in [1.165, 1.54) is 17.0 Å². The number of halogens is 1. The molecule has 3 aliphatic heterocycles. The van der Waals surface area contributed by atoms with Crippen LogP contribution in [0.15, 0.2) is 65.7 Å². The summed E-state index contributed by atoms with van der Waals surface area (Å²) in [6, 6.07) is 13.7. The Morgan fingerprint density at radius 1 is 0.979 bits per heavy atom. The molecule has 47 heavy (non-hydrogen) atoms. The van der Waals surface area contributed by atoms with Crippen LogP contribution in [0.3, 0.4) is 0 Å². The molecule has 3 atom stereocenters. The average Bonchev–Trinajstić information content (AvgIpc) is 3.67. The summed E-state index contributed by atoms with van der Waals surface area (Å²) < 4.78 is 7.18. The maximum atomic E-state index is 13.9. The van der Waals surface area contributed by atoms with Crippen LogP contribution in [0.4, 0.5) is 0 Å². The van der Waals surface area contributed by atoms with Crippen molar-refractivity contribution in [3.8, 4) is 10.8 Å². The van der Waals surface area contributed by atoms with E-state index >= 15 is 0 Å². The number of allylic oxidation sites excluding steroid dienone is 1. The van der Waals surface area contributed by atoms with Gasteiger partial charge in [-0.25, -0.2) is 0 Å². The molecule has 0 unspecified atom stereocenters. The first-order chi connectivity index (χ1) is 22.6. The fraction of sp³-hybridized carbons (Fsp3) is 0.314. The number of hydrogen-bond acceptors (Lipinski definition) is 8. The lowest BCUT2D eigenvalue weighted by Crippen LogP contribution is -2.58. The van der Waals surface area contributed by atoms with Crippen LogP contribution in [-0.4, -0.2) is 80.7 Å². The number of ketones is 1. The van der Waals surface area contributed by atoms with Gasteiger partial charge in [-0.2, -0.15) is 0 Å². The monoisotopic (exact) mass is 668 g/mol. The highest BCUT2D eigenvalue weighted by Gasteiger charge is 2.49. The number of aryl methyl sites for hydroxylation is 2. The molecular weight excluding hydrogens is 636 g/mol. The largest absolute Gasteiger partial charge is 0.497 e. The molecule has 2 amide bonds. The molecule has 0 saturated carbocycles. The van der Waals surface area contributed by atoms with Gasteiger partial charge >= 0.3 is 0 Å². The molecule has 0 bridgehead atoms. The van der Waals surface area contributed by atoms with Crippen molar-refractivity contribution >= 4 is 46.2 Å². The second-order valence-electron chi connectivity index (χ2n) is 12.2. The summed E-state index contributed by atoms with van der Waals surface area (Å²) in [5.41, 5.74) is 4.33. The summed E-state index contributed by atoms with van der Waals surface area (Å²) in [4.78, 5) is 49.5. The van der Waals surface area contributed by atoms with Crippen LogP contribution in [0.1, 0.15) is 56.0 Å². The Labute approximate surface area is 281 Å². The number of methoxy groups -OCH3 is 1. The Kier molecular flexibility index (Phi) is 8.05. The van der Waals surface area contributed by atoms with Crippen LogP contribution >= 0.6 is 22.9 Å². The third kappa shape index (κ3) is 5.57. The number of carbonyl (C=O) groups excluding carboxylic acids is 3. The lowest BCUT2D eigenvalue weighted by molar-refractivity contribution is -0.141. The van der Waals surface area contributed by atoms with Gasteiger partial charge in [0.25, 0.3) is 0 Å². The van der Waals surface area contributed by atoms with E-state index in [4.69, 9.17) is 21.3 Å². The highest BCUT2D eigenvalue weighted by Crippen LogP contribution is 2.41. The van der Waals surface area contributed by atoms with Gasteiger partial charge in [-0.3, -0.25) is 23.9 Å². The van der Waals surface area contributed by atoms with E-state index in [0.717, 1.165) is 33.2 Å². The molecule has 3 aliphatic rings. The minimum atomic E-state index is -0.557. The van der Waals surface area contributed by atoms with Gasteiger partial charge in [0, 0.05) is 58.2 Å². The zero-order valence-corrected chi connectivity index (χ0v) is 28.0. The molecule has 7 rings (SSSR count). The Morgan fingerprint density at radius 2 is 1.72 bits per heavy atom. The van der Waals surface area contributed by atoms with E-state index in [1.807, 2.05) is 40.7 Å². The van der Waals surface area contributed by atoms with Crippen molar-refractivity contribution in [3.63, 3.8) is 0 Å². The summed E-state index contributed by atoms with van der Waals surface area (Å²) in [5.74, 6) is 1.67. The van der Waals surface area contributed by atoms with Crippen molar-refractivity contribution < 1.29 is 19.1 Å². The van der Waals surface area contributed by atoms with Crippen molar-refractivity contribution in [3.05, 3.63) is 104 Å². The third-order valence-electron chi connectivity index (χ3n) is 9.35. The molecule has 0 spiro atoms. The smallest absolute Gasteiger partial charge is 0.246 e. The van der Waals surface area contributed by atoms with Crippen LogP contribution < -0.4 is 4.74 Å². The van der Waals surface area contributed by atoms with Gasteiger partial charge in [0.05, 0.1) is 25.3 Å². The zero-order valence-electron chi connectivity index (χ0n) is 26.4. The summed E-state index contributed by atoms with van der Waals surface area (Å²) >= 11 is 7.90. The van der Waals surface area contributed by atoms with E-state index in [-0.39, 0.29) is 36.0 Å². The Hall–Kier alpha value is -4.61. The minimum absolute atomic E-state index is 0.0414. The van der Waals surface area contributed by atoms with Gasteiger partial charge < -0.3 is 14.5 Å². The van der Waals surface area contributed by atoms with Gasteiger partial charge in [0.2, 0.25) is 11.8 Å². The summed E-state index contributed by atoms with van der Waals surface area (Å²) in [5, 5.41) is 10.5. The molecule has 240 valence electrons. The lowest BCUT2D eigenvalue weighted by Gasteiger charge is -2.43.